The van der Waals surface area contributed by atoms with Gasteiger partial charge in [-0.05, 0) is 74.0 Å². The monoisotopic (exact) mass is 541 g/mol. The summed E-state index contributed by atoms with van der Waals surface area (Å²) in [4.78, 5) is 13.7. The fraction of sp³-hybridized carbons (Fsp3) is 0.111. The van der Waals surface area contributed by atoms with Gasteiger partial charge >= 0.3 is 0 Å². The largest absolute Gasteiger partial charge is 0.316 e. The van der Waals surface area contributed by atoms with Crippen molar-refractivity contribution in [1.29, 1.82) is 0 Å². The lowest BCUT2D eigenvalue weighted by atomic mass is 10.1. The van der Waals surface area contributed by atoms with Crippen LogP contribution in [0.2, 0.25) is 15.1 Å². The zero-order chi connectivity index (χ0) is 24.9. The van der Waals surface area contributed by atoms with Crippen LogP contribution in [-0.2, 0) is 5.75 Å². The third kappa shape index (κ3) is 6.11. The van der Waals surface area contributed by atoms with Gasteiger partial charge in [-0.15, -0.1) is 11.8 Å². The predicted octanol–water partition coefficient (Wildman–Crippen LogP) is 8.11. The average Bonchev–Trinajstić information content (AvgIpc) is 3.13. The SMILES string of the molecule is Cc1cc(/C=N/NC(=O)c2ccc(CSc3ccc(Cl)cc3)cc2)c(C)n1-c1cccc(Cl)c1Cl. The van der Waals surface area contributed by atoms with Crippen LogP contribution in [0.1, 0.15) is 32.9 Å². The fourth-order valence-electron chi connectivity index (χ4n) is 3.63. The minimum absolute atomic E-state index is 0.273. The lowest BCUT2D eigenvalue weighted by Crippen LogP contribution is -2.17. The summed E-state index contributed by atoms with van der Waals surface area (Å²) in [5.74, 6) is 0.526. The molecule has 1 amide bonds. The molecule has 0 bridgehead atoms. The van der Waals surface area contributed by atoms with Crippen LogP contribution >= 0.6 is 46.6 Å². The van der Waals surface area contributed by atoms with Gasteiger partial charge < -0.3 is 4.57 Å². The van der Waals surface area contributed by atoms with Crippen molar-refractivity contribution < 1.29 is 4.79 Å². The van der Waals surface area contributed by atoms with Gasteiger partial charge in [-0.2, -0.15) is 5.10 Å². The van der Waals surface area contributed by atoms with E-state index >= 15 is 0 Å². The first-order valence-electron chi connectivity index (χ1n) is 10.8. The van der Waals surface area contributed by atoms with Crippen molar-refractivity contribution in [2.75, 3.05) is 0 Å². The maximum absolute atomic E-state index is 12.5. The van der Waals surface area contributed by atoms with Crippen LogP contribution in [0.15, 0.2) is 82.8 Å². The number of carbonyl (C=O) groups is 1. The van der Waals surface area contributed by atoms with Gasteiger partial charge in [-0.25, -0.2) is 5.43 Å². The molecule has 0 saturated carbocycles. The third-order valence-corrected chi connectivity index (χ3v) is 7.59. The summed E-state index contributed by atoms with van der Waals surface area (Å²) in [6.45, 7) is 3.95. The first-order chi connectivity index (χ1) is 16.8. The normalized spacial score (nSPS) is 11.2. The van der Waals surface area contributed by atoms with Crippen molar-refractivity contribution in [3.05, 3.63) is 116 Å². The van der Waals surface area contributed by atoms with Gasteiger partial charge in [0.1, 0.15) is 0 Å². The summed E-state index contributed by atoms with van der Waals surface area (Å²) in [5, 5.41) is 5.87. The van der Waals surface area contributed by atoms with Crippen LogP contribution < -0.4 is 5.43 Å². The van der Waals surface area contributed by atoms with Crippen LogP contribution in [0.25, 0.3) is 5.69 Å². The lowest BCUT2D eigenvalue weighted by Gasteiger charge is -2.12. The van der Waals surface area contributed by atoms with Crippen LogP contribution in [0.3, 0.4) is 0 Å². The van der Waals surface area contributed by atoms with Gasteiger partial charge in [0.05, 0.1) is 21.9 Å². The molecule has 0 fully saturated rings. The van der Waals surface area contributed by atoms with Gasteiger partial charge in [0.15, 0.2) is 0 Å². The minimum atomic E-state index is -0.273. The maximum atomic E-state index is 12.5. The molecule has 0 atom stereocenters. The van der Waals surface area contributed by atoms with E-state index < -0.39 is 0 Å². The Balaban J connectivity index is 1.38. The number of aromatic nitrogens is 1. The standard InChI is InChI=1S/C27H22Cl3N3OS/c1-17-14-21(18(2)33(17)25-5-3-4-24(29)26(25)30)15-31-32-27(34)20-8-6-19(7-9-20)16-35-23-12-10-22(28)11-13-23/h3-15H,16H2,1-2H3,(H,32,34)/b31-15+. The number of halogens is 3. The molecule has 1 aromatic heterocycles. The number of hydrogen-bond donors (Lipinski definition) is 1. The second-order valence-electron chi connectivity index (χ2n) is 7.87. The number of amides is 1. The molecule has 4 rings (SSSR count). The molecule has 0 unspecified atom stereocenters. The van der Waals surface area contributed by atoms with Crippen LogP contribution in [0.4, 0.5) is 0 Å². The van der Waals surface area contributed by atoms with Crippen molar-refractivity contribution in [2.45, 2.75) is 24.5 Å². The second-order valence-corrected chi connectivity index (χ2v) is 10.1. The number of carbonyl (C=O) groups excluding carboxylic acids is 1. The molecule has 4 nitrogen and oxygen atoms in total. The number of benzene rings is 3. The van der Waals surface area contributed by atoms with Crippen molar-refractivity contribution in [3.8, 4) is 5.69 Å². The lowest BCUT2D eigenvalue weighted by molar-refractivity contribution is 0.0955. The maximum Gasteiger partial charge on any atom is 0.271 e. The topological polar surface area (TPSA) is 46.4 Å². The number of thioether (sulfide) groups is 1. The zero-order valence-corrected chi connectivity index (χ0v) is 22.1. The smallest absolute Gasteiger partial charge is 0.271 e. The predicted molar refractivity (Wildman–Crippen MR) is 148 cm³/mol. The number of nitrogens with one attached hydrogen (secondary N) is 1. The molecule has 4 aromatic rings. The highest BCUT2D eigenvalue weighted by Crippen LogP contribution is 2.31. The molecule has 0 spiro atoms. The Bertz CT molecular complexity index is 1380. The van der Waals surface area contributed by atoms with Crippen LogP contribution in [-0.4, -0.2) is 16.7 Å². The molecule has 8 heteroatoms. The average molecular weight is 543 g/mol. The van der Waals surface area contributed by atoms with E-state index in [9.17, 15) is 4.79 Å². The number of hydrazone groups is 1. The van der Waals surface area contributed by atoms with Gasteiger partial charge in [-0.1, -0.05) is 53.0 Å². The first-order valence-corrected chi connectivity index (χ1v) is 12.9. The van der Waals surface area contributed by atoms with E-state index in [1.165, 1.54) is 0 Å². The highest BCUT2D eigenvalue weighted by molar-refractivity contribution is 7.98. The molecule has 178 valence electrons. The number of nitrogens with zero attached hydrogens (tertiary/aromatic N) is 2. The number of aryl methyl sites for hydroxylation is 1. The molecular weight excluding hydrogens is 521 g/mol. The summed E-state index contributed by atoms with van der Waals surface area (Å²) in [7, 11) is 0. The highest BCUT2D eigenvalue weighted by Gasteiger charge is 2.14. The molecule has 3 aromatic carbocycles. The third-order valence-electron chi connectivity index (χ3n) is 5.45. The minimum Gasteiger partial charge on any atom is -0.316 e. The van der Waals surface area contributed by atoms with Crippen molar-refractivity contribution in [1.82, 2.24) is 9.99 Å². The summed E-state index contributed by atoms with van der Waals surface area (Å²) in [5.41, 5.74) is 7.85. The van der Waals surface area contributed by atoms with Crippen molar-refractivity contribution in [2.24, 2.45) is 5.10 Å². The molecule has 35 heavy (non-hydrogen) atoms. The van der Waals surface area contributed by atoms with Crippen molar-refractivity contribution >= 4 is 58.7 Å². The second kappa shape index (κ2) is 11.4. The van der Waals surface area contributed by atoms with Gasteiger partial charge in [0, 0.05) is 38.2 Å². The van der Waals surface area contributed by atoms with E-state index in [0.717, 1.165) is 43.9 Å². The van der Waals surface area contributed by atoms with Crippen LogP contribution in [0, 0.1) is 13.8 Å². The number of rotatable bonds is 7. The quantitative estimate of drug-likeness (QED) is 0.146. The molecule has 0 aliphatic heterocycles. The van der Waals surface area contributed by atoms with Gasteiger partial charge in [0.2, 0.25) is 0 Å². The molecular formula is C27H22Cl3N3OS. The molecule has 1 heterocycles. The van der Waals surface area contributed by atoms with Gasteiger partial charge in [0.25, 0.3) is 5.91 Å². The van der Waals surface area contributed by atoms with E-state index in [-0.39, 0.29) is 5.91 Å². The zero-order valence-electron chi connectivity index (χ0n) is 19.1. The summed E-state index contributed by atoms with van der Waals surface area (Å²) in [6, 6.07) is 22.7. The summed E-state index contributed by atoms with van der Waals surface area (Å²) in [6.07, 6.45) is 1.63. The Labute approximate surface area is 223 Å². The van der Waals surface area contributed by atoms with E-state index in [4.69, 9.17) is 34.8 Å². The molecule has 1 N–H and O–H groups in total. The molecule has 0 aliphatic rings. The molecule has 0 aliphatic carbocycles. The van der Waals surface area contributed by atoms with Crippen LogP contribution in [0.5, 0.6) is 0 Å². The van der Waals surface area contributed by atoms with E-state index in [0.29, 0.717) is 15.6 Å². The Morgan fingerprint density at radius 1 is 1.00 bits per heavy atom. The van der Waals surface area contributed by atoms with Gasteiger partial charge in [-0.3, -0.25) is 4.79 Å². The Kier molecular flexibility index (Phi) is 8.24. The Morgan fingerprint density at radius 3 is 2.43 bits per heavy atom. The van der Waals surface area contributed by atoms with Crippen molar-refractivity contribution in [3.63, 3.8) is 0 Å². The number of hydrogen-bond acceptors (Lipinski definition) is 3. The molecule has 0 radical (unpaired) electrons. The highest BCUT2D eigenvalue weighted by atomic mass is 35.5. The van der Waals surface area contributed by atoms with E-state index in [1.54, 1.807) is 36.2 Å². The summed E-state index contributed by atoms with van der Waals surface area (Å²) < 4.78 is 2.01. The fourth-order valence-corrected chi connectivity index (χ4v) is 4.99. The van der Waals surface area contributed by atoms with E-state index in [2.05, 4.69) is 10.5 Å². The Hall–Kier alpha value is -2.70. The first kappa shape index (κ1) is 25.4. The molecule has 0 saturated heterocycles. The summed E-state index contributed by atoms with van der Waals surface area (Å²) >= 11 is 20.2. The Morgan fingerprint density at radius 2 is 1.71 bits per heavy atom. The van der Waals surface area contributed by atoms with E-state index in [1.807, 2.05) is 73.0 Å².